The summed E-state index contributed by atoms with van der Waals surface area (Å²) in [6.45, 7) is 2.02. The number of nitrogens with zero attached hydrogens (tertiary/aromatic N) is 3. The molecule has 6 heteroatoms. The van der Waals surface area contributed by atoms with E-state index in [9.17, 15) is 4.79 Å². The van der Waals surface area contributed by atoms with Gasteiger partial charge in [-0.25, -0.2) is 9.50 Å². The van der Waals surface area contributed by atoms with Crippen LogP contribution in [0, 0.1) is 23.2 Å². The average molecular weight is 344 g/mol. The van der Waals surface area contributed by atoms with Crippen LogP contribution in [0.5, 0.6) is 0 Å². The van der Waals surface area contributed by atoms with Crippen molar-refractivity contribution in [1.29, 1.82) is 0 Å². The Balaban J connectivity index is 1.26. The minimum Gasteiger partial charge on any atom is -0.348 e. The topological polar surface area (TPSA) is 59.3 Å². The Bertz CT molecular complexity index is 715. The molecule has 0 unspecified atom stereocenters. The van der Waals surface area contributed by atoms with E-state index in [0.717, 1.165) is 28.4 Å². The van der Waals surface area contributed by atoms with Crippen LogP contribution in [0.15, 0.2) is 11.7 Å². The first kappa shape index (κ1) is 14.9. The van der Waals surface area contributed by atoms with Crippen molar-refractivity contribution in [3.05, 3.63) is 17.4 Å². The van der Waals surface area contributed by atoms with Crippen molar-refractivity contribution in [2.45, 2.75) is 57.9 Å². The van der Waals surface area contributed by atoms with Gasteiger partial charge in [-0.05, 0) is 68.6 Å². The van der Waals surface area contributed by atoms with Crippen molar-refractivity contribution in [3.8, 4) is 0 Å². The quantitative estimate of drug-likeness (QED) is 0.922. The molecule has 0 aromatic carbocycles. The molecular formula is C18H24N4OS. The van der Waals surface area contributed by atoms with Gasteiger partial charge in [0.25, 0.3) is 0 Å². The molecule has 4 aliphatic rings. The average Bonchev–Trinajstić information content (AvgIpc) is 3.05. The fourth-order valence-corrected chi connectivity index (χ4v) is 6.69. The highest BCUT2D eigenvalue weighted by atomic mass is 32.1. The molecule has 1 atom stereocenters. The minimum atomic E-state index is -0.0553. The molecule has 128 valence electrons. The summed E-state index contributed by atoms with van der Waals surface area (Å²) in [5.41, 5.74) is 2.98. The zero-order valence-electron chi connectivity index (χ0n) is 14.1. The molecule has 2 aromatic heterocycles. The number of amides is 1. The van der Waals surface area contributed by atoms with Gasteiger partial charge in [-0.2, -0.15) is 5.10 Å². The Morgan fingerprint density at radius 2 is 2.00 bits per heavy atom. The second kappa shape index (κ2) is 5.28. The summed E-state index contributed by atoms with van der Waals surface area (Å²) in [7, 11) is 0. The van der Waals surface area contributed by atoms with E-state index >= 15 is 0 Å². The maximum atomic E-state index is 12.7. The smallest absolute Gasteiger partial charge is 0.221 e. The predicted molar refractivity (Wildman–Crippen MR) is 92.6 cm³/mol. The standard InChI is InChI=1S/C18H24N4OS/c1-11(15-9-22-17(21-15)24-10-19-22)20-16(23)8-18-5-12-2-13(6-18)4-14(3-12)7-18/h9-14H,2-8H2,1H3,(H,20,23)/t11-,12?,13?,14?,18?/m0/s1. The largest absolute Gasteiger partial charge is 0.348 e. The lowest BCUT2D eigenvalue weighted by Crippen LogP contribution is -2.48. The van der Waals surface area contributed by atoms with Crippen LogP contribution in [0.1, 0.15) is 63.6 Å². The van der Waals surface area contributed by atoms with Crippen molar-refractivity contribution in [2.24, 2.45) is 23.2 Å². The zero-order valence-corrected chi connectivity index (χ0v) is 14.9. The van der Waals surface area contributed by atoms with E-state index in [-0.39, 0.29) is 11.9 Å². The number of hydrogen-bond acceptors (Lipinski definition) is 4. The molecule has 6 rings (SSSR count). The zero-order chi connectivity index (χ0) is 16.3. The van der Waals surface area contributed by atoms with E-state index in [1.807, 2.05) is 13.1 Å². The van der Waals surface area contributed by atoms with Crippen molar-refractivity contribution >= 4 is 22.2 Å². The fraction of sp³-hybridized carbons (Fsp3) is 0.722. The number of imidazole rings is 1. The Kier molecular flexibility index (Phi) is 3.27. The van der Waals surface area contributed by atoms with Gasteiger partial charge < -0.3 is 5.32 Å². The molecule has 24 heavy (non-hydrogen) atoms. The maximum Gasteiger partial charge on any atom is 0.221 e. The third-order valence-corrected chi connectivity index (χ3v) is 7.22. The molecular weight excluding hydrogens is 320 g/mol. The number of nitrogens with one attached hydrogen (secondary N) is 1. The highest BCUT2D eigenvalue weighted by Gasteiger charge is 2.51. The molecule has 4 aliphatic carbocycles. The van der Waals surface area contributed by atoms with Gasteiger partial charge >= 0.3 is 0 Å². The molecule has 1 amide bonds. The Hall–Kier alpha value is -1.43. The van der Waals surface area contributed by atoms with E-state index in [2.05, 4.69) is 15.4 Å². The molecule has 4 saturated carbocycles. The summed E-state index contributed by atoms with van der Waals surface area (Å²) in [5, 5.41) is 7.39. The fourth-order valence-electron chi connectivity index (χ4n) is 6.08. The highest BCUT2D eigenvalue weighted by Crippen LogP contribution is 2.61. The van der Waals surface area contributed by atoms with E-state index in [1.54, 1.807) is 10.0 Å². The number of aromatic nitrogens is 3. The minimum absolute atomic E-state index is 0.0553. The van der Waals surface area contributed by atoms with Gasteiger partial charge in [0, 0.05) is 6.42 Å². The lowest BCUT2D eigenvalue weighted by Gasteiger charge is -2.56. The van der Waals surface area contributed by atoms with Crippen molar-refractivity contribution in [3.63, 3.8) is 0 Å². The number of hydrogen-bond donors (Lipinski definition) is 1. The first-order valence-electron chi connectivity index (χ1n) is 9.17. The predicted octanol–water partition coefficient (Wildman–Crippen LogP) is 3.57. The Morgan fingerprint density at radius 1 is 1.33 bits per heavy atom. The number of fused-ring (bicyclic) bond motifs is 1. The van der Waals surface area contributed by atoms with Crippen LogP contribution in [-0.4, -0.2) is 20.5 Å². The number of carbonyl (C=O) groups is 1. The molecule has 5 nitrogen and oxygen atoms in total. The molecule has 1 N–H and O–H groups in total. The summed E-state index contributed by atoms with van der Waals surface area (Å²) in [4.78, 5) is 18.1. The first-order valence-corrected chi connectivity index (χ1v) is 10.0. The molecule has 4 bridgehead atoms. The van der Waals surface area contributed by atoms with Gasteiger partial charge in [-0.1, -0.05) is 11.3 Å². The molecule has 4 fully saturated rings. The second-order valence-corrected chi connectivity index (χ2v) is 9.33. The van der Waals surface area contributed by atoms with Crippen molar-refractivity contribution < 1.29 is 4.79 Å². The Labute approximate surface area is 145 Å². The van der Waals surface area contributed by atoms with Crippen molar-refractivity contribution in [1.82, 2.24) is 19.9 Å². The maximum absolute atomic E-state index is 12.7. The number of rotatable bonds is 4. The molecule has 0 radical (unpaired) electrons. The molecule has 0 spiro atoms. The van der Waals surface area contributed by atoms with Crippen LogP contribution in [-0.2, 0) is 4.79 Å². The van der Waals surface area contributed by atoms with Crippen LogP contribution >= 0.6 is 11.3 Å². The van der Waals surface area contributed by atoms with Crippen LogP contribution in [0.25, 0.3) is 4.96 Å². The third kappa shape index (κ3) is 2.46. The van der Waals surface area contributed by atoms with Crippen LogP contribution in [0.4, 0.5) is 0 Å². The lowest BCUT2D eigenvalue weighted by molar-refractivity contribution is -0.130. The van der Waals surface area contributed by atoms with Gasteiger partial charge in [-0.15, -0.1) is 0 Å². The monoisotopic (exact) mass is 344 g/mol. The first-order chi connectivity index (χ1) is 11.6. The van der Waals surface area contributed by atoms with E-state index in [0.29, 0.717) is 11.8 Å². The second-order valence-electron chi connectivity index (χ2n) is 8.52. The van der Waals surface area contributed by atoms with Gasteiger partial charge in [0.2, 0.25) is 10.9 Å². The van der Waals surface area contributed by atoms with Gasteiger partial charge in [0.05, 0.1) is 17.9 Å². The lowest BCUT2D eigenvalue weighted by atomic mass is 9.49. The molecule has 0 saturated heterocycles. The Morgan fingerprint density at radius 3 is 2.62 bits per heavy atom. The van der Waals surface area contributed by atoms with Crippen molar-refractivity contribution in [2.75, 3.05) is 0 Å². The van der Waals surface area contributed by atoms with Crippen LogP contribution in [0.3, 0.4) is 0 Å². The summed E-state index contributed by atoms with van der Waals surface area (Å²) >= 11 is 1.52. The van der Waals surface area contributed by atoms with E-state index in [1.165, 1.54) is 49.9 Å². The molecule has 2 aromatic rings. The third-order valence-electron chi connectivity index (χ3n) is 6.53. The van der Waals surface area contributed by atoms with Gasteiger partial charge in [0.15, 0.2) is 0 Å². The SMILES string of the molecule is C[C@H](NC(=O)CC12CC3CC(CC(C3)C1)C2)c1cn2ncsc2n1. The summed E-state index contributed by atoms with van der Waals surface area (Å²) in [6.07, 6.45) is 10.8. The highest BCUT2D eigenvalue weighted by molar-refractivity contribution is 7.14. The van der Waals surface area contributed by atoms with E-state index in [4.69, 9.17) is 0 Å². The van der Waals surface area contributed by atoms with E-state index < -0.39 is 0 Å². The van der Waals surface area contributed by atoms with Gasteiger partial charge in [0.1, 0.15) is 5.51 Å². The number of carbonyl (C=O) groups excluding carboxylic acids is 1. The summed E-state index contributed by atoms with van der Waals surface area (Å²) in [6, 6.07) is -0.0553. The van der Waals surface area contributed by atoms with Gasteiger partial charge in [-0.3, -0.25) is 4.79 Å². The molecule has 0 aliphatic heterocycles. The van der Waals surface area contributed by atoms with Crippen LogP contribution in [0.2, 0.25) is 0 Å². The molecule has 2 heterocycles. The van der Waals surface area contributed by atoms with Crippen LogP contribution < -0.4 is 5.32 Å². The summed E-state index contributed by atoms with van der Waals surface area (Å²) < 4.78 is 1.78. The normalized spacial score (nSPS) is 35.5. The summed E-state index contributed by atoms with van der Waals surface area (Å²) in [5.74, 6) is 2.89.